The Labute approximate surface area is 131 Å². The molecule has 1 aliphatic heterocycles. The van der Waals surface area contributed by atoms with E-state index in [1.165, 1.54) is 5.56 Å². The number of rotatable bonds is 5. The number of ketones is 1. The van der Waals surface area contributed by atoms with Crippen molar-refractivity contribution in [1.82, 2.24) is 14.5 Å². The first-order valence-electron chi connectivity index (χ1n) is 8.02. The number of aromatic nitrogens is 2. The molecule has 4 nitrogen and oxygen atoms in total. The van der Waals surface area contributed by atoms with Crippen molar-refractivity contribution in [2.24, 2.45) is 5.92 Å². The van der Waals surface area contributed by atoms with Crippen molar-refractivity contribution in [3.63, 3.8) is 0 Å². The van der Waals surface area contributed by atoms with Crippen molar-refractivity contribution in [2.75, 3.05) is 20.1 Å². The molecule has 0 radical (unpaired) electrons. The molecule has 0 atom stereocenters. The van der Waals surface area contributed by atoms with Gasteiger partial charge in [0.05, 0.1) is 0 Å². The molecular formula is C18H23N3O. The van der Waals surface area contributed by atoms with Gasteiger partial charge in [0.15, 0.2) is 5.82 Å². The van der Waals surface area contributed by atoms with Crippen LogP contribution in [-0.4, -0.2) is 40.4 Å². The number of imidazole rings is 1. The summed E-state index contributed by atoms with van der Waals surface area (Å²) in [7, 11) is 2.11. The highest BCUT2D eigenvalue weighted by Gasteiger charge is 2.27. The molecule has 1 aliphatic rings. The minimum Gasteiger partial charge on any atom is -0.328 e. The summed E-state index contributed by atoms with van der Waals surface area (Å²) in [6, 6.07) is 10.4. The van der Waals surface area contributed by atoms with Gasteiger partial charge in [0.25, 0.3) is 0 Å². The summed E-state index contributed by atoms with van der Waals surface area (Å²) in [6.07, 6.45) is 6.48. The molecule has 2 aromatic rings. The molecule has 1 fully saturated rings. The summed E-state index contributed by atoms with van der Waals surface area (Å²) in [6.45, 7) is 2.81. The van der Waals surface area contributed by atoms with Crippen molar-refractivity contribution < 1.29 is 4.79 Å². The molecule has 0 bridgehead atoms. The van der Waals surface area contributed by atoms with Gasteiger partial charge < -0.3 is 9.47 Å². The summed E-state index contributed by atoms with van der Waals surface area (Å²) in [5.41, 5.74) is 1.29. The SMILES string of the molecule is CN1CCC(C(=O)c2nccn2CCc2ccccc2)CC1. The normalized spacial score (nSPS) is 16.8. The molecule has 1 saturated heterocycles. The summed E-state index contributed by atoms with van der Waals surface area (Å²) < 4.78 is 2.01. The number of carbonyl (C=O) groups excluding carboxylic acids is 1. The Balaban J connectivity index is 1.65. The maximum Gasteiger partial charge on any atom is 0.201 e. The van der Waals surface area contributed by atoms with Crippen LogP contribution in [0, 0.1) is 5.92 Å². The van der Waals surface area contributed by atoms with Gasteiger partial charge in [0.2, 0.25) is 5.78 Å². The molecule has 3 rings (SSSR count). The number of piperidine rings is 1. The smallest absolute Gasteiger partial charge is 0.201 e. The molecule has 1 aromatic heterocycles. The molecule has 0 amide bonds. The van der Waals surface area contributed by atoms with Crippen LogP contribution in [0.1, 0.15) is 29.0 Å². The van der Waals surface area contributed by atoms with E-state index in [0.29, 0.717) is 5.82 Å². The van der Waals surface area contributed by atoms with Crippen LogP contribution in [0.4, 0.5) is 0 Å². The largest absolute Gasteiger partial charge is 0.328 e. The lowest BCUT2D eigenvalue weighted by Crippen LogP contribution is -2.34. The molecule has 116 valence electrons. The van der Waals surface area contributed by atoms with Crippen LogP contribution in [0.15, 0.2) is 42.7 Å². The molecule has 0 N–H and O–H groups in total. The maximum atomic E-state index is 12.7. The molecule has 0 unspecified atom stereocenters. The monoisotopic (exact) mass is 297 g/mol. The Morgan fingerprint density at radius 3 is 2.68 bits per heavy atom. The van der Waals surface area contributed by atoms with Gasteiger partial charge in [0, 0.05) is 24.9 Å². The average Bonchev–Trinajstić information content (AvgIpc) is 3.02. The Morgan fingerprint density at radius 2 is 1.95 bits per heavy atom. The first-order chi connectivity index (χ1) is 10.7. The Morgan fingerprint density at radius 1 is 1.23 bits per heavy atom. The Kier molecular flexibility index (Phi) is 4.68. The van der Waals surface area contributed by atoms with Gasteiger partial charge in [-0.15, -0.1) is 0 Å². The molecule has 2 heterocycles. The van der Waals surface area contributed by atoms with E-state index >= 15 is 0 Å². The first-order valence-corrected chi connectivity index (χ1v) is 8.02. The first kappa shape index (κ1) is 15.0. The van der Waals surface area contributed by atoms with Gasteiger partial charge in [-0.3, -0.25) is 4.79 Å². The van der Waals surface area contributed by atoms with Crippen molar-refractivity contribution in [2.45, 2.75) is 25.8 Å². The second kappa shape index (κ2) is 6.88. The highest BCUT2D eigenvalue weighted by Crippen LogP contribution is 2.20. The summed E-state index contributed by atoms with van der Waals surface area (Å²) in [5.74, 6) is 0.978. The fraction of sp³-hybridized carbons (Fsp3) is 0.444. The lowest BCUT2D eigenvalue weighted by Gasteiger charge is -2.27. The number of carbonyl (C=O) groups is 1. The van der Waals surface area contributed by atoms with E-state index in [2.05, 4.69) is 29.1 Å². The van der Waals surface area contributed by atoms with E-state index in [4.69, 9.17) is 0 Å². The van der Waals surface area contributed by atoms with Crippen LogP contribution in [-0.2, 0) is 13.0 Å². The van der Waals surface area contributed by atoms with E-state index in [0.717, 1.165) is 38.9 Å². The molecule has 0 aliphatic carbocycles. The highest BCUT2D eigenvalue weighted by molar-refractivity contribution is 5.94. The van der Waals surface area contributed by atoms with Crippen molar-refractivity contribution in [3.05, 3.63) is 54.1 Å². The third kappa shape index (κ3) is 3.45. The van der Waals surface area contributed by atoms with Gasteiger partial charge in [0.1, 0.15) is 0 Å². The van der Waals surface area contributed by atoms with E-state index in [9.17, 15) is 4.79 Å². The Bertz CT molecular complexity index is 612. The summed E-state index contributed by atoms with van der Waals surface area (Å²) in [5, 5.41) is 0. The number of hydrogen-bond acceptors (Lipinski definition) is 3. The second-order valence-electron chi connectivity index (χ2n) is 6.12. The van der Waals surface area contributed by atoms with Crippen LogP contribution in [0.25, 0.3) is 0 Å². The minimum absolute atomic E-state index is 0.133. The van der Waals surface area contributed by atoms with Gasteiger partial charge in [-0.25, -0.2) is 4.98 Å². The van der Waals surface area contributed by atoms with E-state index in [-0.39, 0.29) is 11.7 Å². The quantitative estimate of drug-likeness (QED) is 0.796. The zero-order valence-electron chi connectivity index (χ0n) is 13.1. The van der Waals surface area contributed by atoms with Crippen molar-refractivity contribution in [3.8, 4) is 0 Å². The summed E-state index contributed by atoms with van der Waals surface area (Å²) in [4.78, 5) is 19.3. The molecule has 0 spiro atoms. The van der Waals surface area contributed by atoms with E-state index in [1.54, 1.807) is 6.20 Å². The number of hydrogen-bond donors (Lipinski definition) is 0. The fourth-order valence-electron chi connectivity index (χ4n) is 3.06. The van der Waals surface area contributed by atoms with E-state index < -0.39 is 0 Å². The lowest BCUT2D eigenvalue weighted by atomic mass is 9.92. The van der Waals surface area contributed by atoms with Crippen LogP contribution < -0.4 is 0 Å². The third-order valence-corrected chi connectivity index (χ3v) is 4.51. The van der Waals surface area contributed by atoms with Crippen LogP contribution in [0.5, 0.6) is 0 Å². The standard InChI is InChI=1S/C18H23N3O/c1-20-11-8-16(9-12-20)17(22)18-19-10-14-21(18)13-7-15-5-3-2-4-6-15/h2-6,10,14,16H,7-9,11-13H2,1H3. The molecule has 0 saturated carbocycles. The molecule has 4 heteroatoms. The minimum atomic E-state index is 0.133. The van der Waals surface area contributed by atoms with Gasteiger partial charge in [-0.1, -0.05) is 30.3 Å². The maximum absolute atomic E-state index is 12.7. The predicted octanol–water partition coefficient (Wildman–Crippen LogP) is 2.65. The van der Waals surface area contributed by atoms with Crippen molar-refractivity contribution >= 4 is 5.78 Å². The lowest BCUT2D eigenvalue weighted by molar-refractivity contribution is 0.0841. The number of nitrogens with zero attached hydrogens (tertiary/aromatic N) is 3. The number of aryl methyl sites for hydroxylation is 2. The molecule has 22 heavy (non-hydrogen) atoms. The topological polar surface area (TPSA) is 38.1 Å². The second-order valence-corrected chi connectivity index (χ2v) is 6.12. The van der Waals surface area contributed by atoms with Crippen LogP contribution >= 0.6 is 0 Å². The van der Waals surface area contributed by atoms with Crippen LogP contribution in [0.2, 0.25) is 0 Å². The Hall–Kier alpha value is -1.94. The molecule has 1 aromatic carbocycles. The van der Waals surface area contributed by atoms with Crippen LogP contribution in [0.3, 0.4) is 0 Å². The van der Waals surface area contributed by atoms with Gasteiger partial charge in [-0.05, 0) is 45.0 Å². The fourth-order valence-corrected chi connectivity index (χ4v) is 3.06. The zero-order valence-corrected chi connectivity index (χ0v) is 13.1. The zero-order chi connectivity index (χ0) is 15.4. The van der Waals surface area contributed by atoms with Crippen molar-refractivity contribution in [1.29, 1.82) is 0 Å². The predicted molar refractivity (Wildman–Crippen MR) is 86.9 cm³/mol. The highest BCUT2D eigenvalue weighted by atomic mass is 16.1. The molecular weight excluding hydrogens is 274 g/mol. The number of Topliss-reactive ketones (excluding diaryl/α,β-unsaturated/α-hetero) is 1. The van der Waals surface area contributed by atoms with Gasteiger partial charge >= 0.3 is 0 Å². The summed E-state index contributed by atoms with van der Waals surface area (Å²) >= 11 is 0. The number of benzene rings is 1. The van der Waals surface area contributed by atoms with Gasteiger partial charge in [-0.2, -0.15) is 0 Å². The number of likely N-dealkylation sites (tertiary alicyclic amines) is 1. The third-order valence-electron chi connectivity index (χ3n) is 4.51. The van der Waals surface area contributed by atoms with E-state index in [1.807, 2.05) is 29.0 Å². The average molecular weight is 297 g/mol.